The lowest BCUT2D eigenvalue weighted by atomic mass is 9.69. The number of aromatic nitrogens is 2. The van der Waals surface area contributed by atoms with E-state index >= 15 is 0 Å². The molecule has 1 saturated heterocycles. The maximum atomic E-state index is 4.72. The molecule has 0 saturated carbocycles. The molecule has 96 valence electrons. The third-order valence-electron chi connectivity index (χ3n) is 4.42. The zero-order valence-electron chi connectivity index (χ0n) is 11.5. The minimum absolute atomic E-state index is 0.439. The average Bonchev–Trinajstić information content (AvgIpc) is 2.70. The van der Waals surface area contributed by atoms with Crippen molar-refractivity contribution in [3.8, 4) is 0 Å². The van der Waals surface area contributed by atoms with Gasteiger partial charge in [-0.15, -0.1) is 0 Å². The van der Waals surface area contributed by atoms with Crippen molar-refractivity contribution in [2.24, 2.45) is 11.3 Å². The molecule has 1 fully saturated rings. The van der Waals surface area contributed by atoms with Gasteiger partial charge in [-0.1, -0.05) is 20.8 Å². The van der Waals surface area contributed by atoms with Crippen LogP contribution >= 0.6 is 0 Å². The van der Waals surface area contributed by atoms with Crippen LogP contribution in [0.25, 0.3) is 0 Å². The van der Waals surface area contributed by atoms with Gasteiger partial charge < -0.3 is 5.32 Å². The Balaban J connectivity index is 2.06. The molecule has 1 aromatic heterocycles. The largest absolute Gasteiger partial charge is 0.315 e. The topological polar surface area (TPSA) is 29.9 Å². The molecule has 17 heavy (non-hydrogen) atoms. The summed E-state index contributed by atoms with van der Waals surface area (Å²) in [5.74, 6) is 0.720. The summed E-state index contributed by atoms with van der Waals surface area (Å²) in [6, 6.07) is 2.70. The predicted octanol–water partition coefficient (Wildman–Crippen LogP) is 2.64. The van der Waals surface area contributed by atoms with Gasteiger partial charge >= 0.3 is 0 Å². The molecular weight excluding hydrogens is 210 g/mol. The summed E-state index contributed by atoms with van der Waals surface area (Å²) in [5, 5.41) is 8.13. The molecule has 0 radical (unpaired) electrons. The molecule has 1 aliphatic rings. The Bertz CT molecular complexity index is 363. The first kappa shape index (κ1) is 12.6. The first-order valence-electron chi connectivity index (χ1n) is 6.82. The molecule has 0 aromatic carbocycles. The summed E-state index contributed by atoms with van der Waals surface area (Å²) in [5.41, 5.74) is 1.69. The van der Waals surface area contributed by atoms with Crippen molar-refractivity contribution < 1.29 is 0 Å². The second-order valence-corrected chi connectivity index (χ2v) is 5.84. The van der Waals surface area contributed by atoms with Crippen molar-refractivity contribution in [1.29, 1.82) is 0 Å². The van der Waals surface area contributed by atoms with E-state index in [9.17, 15) is 0 Å². The lowest BCUT2D eigenvalue weighted by molar-refractivity contribution is 0.0978. The summed E-state index contributed by atoms with van der Waals surface area (Å²) in [7, 11) is 0. The highest BCUT2D eigenvalue weighted by atomic mass is 15.3. The quantitative estimate of drug-likeness (QED) is 0.850. The zero-order valence-corrected chi connectivity index (χ0v) is 11.5. The highest BCUT2D eigenvalue weighted by Crippen LogP contribution is 2.35. The lowest BCUT2D eigenvalue weighted by Gasteiger charge is -2.46. The van der Waals surface area contributed by atoms with Gasteiger partial charge in [0.25, 0.3) is 0 Å². The van der Waals surface area contributed by atoms with E-state index in [1.165, 1.54) is 5.69 Å². The van der Waals surface area contributed by atoms with Crippen molar-refractivity contribution >= 4 is 0 Å². The molecule has 2 rings (SSSR count). The van der Waals surface area contributed by atoms with Crippen LogP contribution in [0.2, 0.25) is 0 Å². The molecule has 3 nitrogen and oxygen atoms in total. The smallest absolute Gasteiger partial charge is 0.0631 e. The minimum atomic E-state index is 0.439. The van der Waals surface area contributed by atoms with E-state index in [4.69, 9.17) is 5.10 Å². The van der Waals surface area contributed by atoms with E-state index in [-0.39, 0.29) is 0 Å². The molecule has 3 heteroatoms. The van der Waals surface area contributed by atoms with Crippen molar-refractivity contribution in [2.45, 2.75) is 46.6 Å². The molecule has 1 atom stereocenters. The molecule has 2 heterocycles. The van der Waals surface area contributed by atoms with Crippen LogP contribution in [0, 0.1) is 11.3 Å². The summed E-state index contributed by atoms with van der Waals surface area (Å²) in [6.07, 6.45) is 4.38. The van der Waals surface area contributed by atoms with Gasteiger partial charge in [0.05, 0.1) is 5.69 Å². The fourth-order valence-corrected chi connectivity index (χ4v) is 2.45. The monoisotopic (exact) mass is 235 g/mol. The molecule has 0 bridgehead atoms. The predicted molar refractivity (Wildman–Crippen MR) is 71.1 cm³/mol. The van der Waals surface area contributed by atoms with Gasteiger partial charge in [0.15, 0.2) is 0 Å². The number of hydrogen-bond acceptors (Lipinski definition) is 2. The standard InChI is InChI=1S/C14H25N3/c1-5-12(4)17-7-6-13(16-17)8-14(11(2)3)9-15-10-14/h6-7,11-12,15H,5,8-10H2,1-4H3. The molecule has 1 unspecified atom stereocenters. The molecule has 0 spiro atoms. The van der Waals surface area contributed by atoms with E-state index in [0.717, 1.165) is 31.8 Å². The third-order valence-corrected chi connectivity index (χ3v) is 4.42. The summed E-state index contributed by atoms with van der Waals surface area (Å²) >= 11 is 0. The molecule has 0 aliphatic carbocycles. The second-order valence-electron chi connectivity index (χ2n) is 5.84. The van der Waals surface area contributed by atoms with E-state index in [0.29, 0.717) is 11.5 Å². The number of nitrogens with zero attached hydrogens (tertiary/aromatic N) is 2. The number of hydrogen-bond donors (Lipinski definition) is 1. The van der Waals surface area contributed by atoms with Gasteiger partial charge in [0.1, 0.15) is 0 Å². The minimum Gasteiger partial charge on any atom is -0.315 e. The van der Waals surface area contributed by atoms with E-state index < -0.39 is 0 Å². The second kappa shape index (κ2) is 4.81. The number of nitrogens with one attached hydrogen (secondary N) is 1. The molecule has 1 N–H and O–H groups in total. The Morgan fingerprint density at radius 2 is 2.12 bits per heavy atom. The molecule has 0 amide bonds. The van der Waals surface area contributed by atoms with Gasteiger partial charge in [-0.2, -0.15) is 5.10 Å². The Morgan fingerprint density at radius 1 is 1.41 bits per heavy atom. The number of rotatable bonds is 5. The molecule has 1 aliphatic heterocycles. The summed E-state index contributed by atoms with van der Waals surface area (Å²) in [4.78, 5) is 0. The van der Waals surface area contributed by atoms with Gasteiger partial charge in [-0.25, -0.2) is 0 Å². The van der Waals surface area contributed by atoms with Crippen LogP contribution in [0.1, 0.15) is 45.9 Å². The fourth-order valence-electron chi connectivity index (χ4n) is 2.45. The maximum Gasteiger partial charge on any atom is 0.0631 e. The van der Waals surface area contributed by atoms with Crippen molar-refractivity contribution in [3.63, 3.8) is 0 Å². The van der Waals surface area contributed by atoms with Crippen LogP contribution in [0.5, 0.6) is 0 Å². The van der Waals surface area contributed by atoms with E-state index in [2.05, 4.69) is 50.0 Å². The molecule has 1 aromatic rings. The summed E-state index contributed by atoms with van der Waals surface area (Å²) in [6.45, 7) is 11.4. The highest BCUT2D eigenvalue weighted by molar-refractivity contribution is 5.08. The normalized spacial score (nSPS) is 20.3. The Kier molecular flexibility index (Phi) is 3.57. The SMILES string of the molecule is CCC(C)n1ccc(CC2(C(C)C)CNC2)n1. The van der Waals surface area contributed by atoms with Crippen molar-refractivity contribution in [3.05, 3.63) is 18.0 Å². The first-order chi connectivity index (χ1) is 8.07. The van der Waals surface area contributed by atoms with Gasteiger partial charge in [0, 0.05) is 30.7 Å². The zero-order chi connectivity index (χ0) is 12.5. The van der Waals surface area contributed by atoms with Gasteiger partial charge in [0.2, 0.25) is 0 Å². The Morgan fingerprint density at radius 3 is 2.59 bits per heavy atom. The van der Waals surface area contributed by atoms with Crippen LogP contribution in [0.15, 0.2) is 12.3 Å². The first-order valence-corrected chi connectivity index (χ1v) is 6.82. The Hall–Kier alpha value is -0.830. The van der Waals surface area contributed by atoms with Crippen LogP contribution in [-0.2, 0) is 6.42 Å². The van der Waals surface area contributed by atoms with Gasteiger partial charge in [-0.05, 0) is 31.7 Å². The lowest BCUT2D eigenvalue weighted by Crippen LogP contribution is -2.57. The van der Waals surface area contributed by atoms with Crippen LogP contribution in [-0.4, -0.2) is 22.9 Å². The molecular formula is C14H25N3. The fraction of sp³-hybridized carbons (Fsp3) is 0.786. The van der Waals surface area contributed by atoms with E-state index in [1.54, 1.807) is 0 Å². The van der Waals surface area contributed by atoms with Crippen LogP contribution < -0.4 is 5.32 Å². The van der Waals surface area contributed by atoms with Gasteiger partial charge in [-0.3, -0.25) is 4.68 Å². The van der Waals surface area contributed by atoms with Crippen molar-refractivity contribution in [1.82, 2.24) is 15.1 Å². The average molecular weight is 235 g/mol. The van der Waals surface area contributed by atoms with Crippen LogP contribution in [0.3, 0.4) is 0 Å². The summed E-state index contributed by atoms with van der Waals surface area (Å²) < 4.78 is 2.11. The third kappa shape index (κ3) is 2.39. The van der Waals surface area contributed by atoms with E-state index in [1.807, 2.05) is 0 Å². The maximum absolute atomic E-state index is 4.72. The highest BCUT2D eigenvalue weighted by Gasteiger charge is 2.40. The van der Waals surface area contributed by atoms with Crippen LogP contribution in [0.4, 0.5) is 0 Å². The Labute approximate surface area is 105 Å². The van der Waals surface area contributed by atoms with Crippen molar-refractivity contribution in [2.75, 3.05) is 13.1 Å².